The molecule has 5 aromatic heterocycles. The Kier molecular flexibility index (Phi) is 22.4. The van der Waals surface area contributed by atoms with Gasteiger partial charge < -0.3 is 73.2 Å². The molecule has 1 aliphatic carbocycles. The van der Waals surface area contributed by atoms with Crippen molar-refractivity contribution in [2.75, 3.05) is 69.0 Å². The Morgan fingerprint density at radius 1 is 0.436 bits per heavy atom. The number of fused-ring (bicyclic) bond motifs is 7. The molecule has 0 atom stereocenters. The number of methoxy groups -OCH3 is 5. The minimum absolute atomic E-state index is 0.0918. The summed E-state index contributed by atoms with van der Waals surface area (Å²) in [6.45, 7) is 4.22. The van der Waals surface area contributed by atoms with Crippen LogP contribution in [0.3, 0.4) is 0 Å². The fraction of sp³-hybridized carbons (Fsp3) is 0.188. The van der Waals surface area contributed by atoms with Crippen LogP contribution in [-0.4, -0.2) is 161 Å². The number of amides is 3. The number of pyridine rings is 1. The minimum atomic E-state index is -1.05. The highest BCUT2D eigenvalue weighted by Crippen LogP contribution is 2.40. The van der Waals surface area contributed by atoms with Gasteiger partial charge in [0.1, 0.15) is 39.8 Å². The van der Waals surface area contributed by atoms with Gasteiger partial charge in [-0.2, -0.15) is 20.4 Å². The number of benzene rings is 7. The fourth-order valence-electron chi connectivity index (χ4n) is 12.0. The molecular formula is C80H72N12O18. The number of aromatic amines is 4. The van der Waals surface area contributed by atoms with Crippen molar-refractivity contribution in [2.45, 2.75) is 32.7 Å². The van der Waals surface area contributed by atoms with Gasteiger partial charge in [0.2, 0.25) is 26.3 Å². The van der Waals surface area contributed by atoms with Crippen LogP contribution in [-0.2, 0) is 9.53 Å². The van der Waals surface area contributed by atoms with Crippen LogP contribution in [0.25, 0.3) is 92.2 Å². The minimum Gasteiger partial charge on any atom is -0.495 e. The molecule has 560 valence electrons. The van der Waals surface area contributed by atoms with Crippen molar-refractivity contribution in [3.05, 3.63) is 194 Å². The van der Waals surface area contributed by atoms with Crippen LogP contribution in [0.4, 0.5) is 0 Å². The molecule has 8 N–H and O–H groups in total. The van der Waals surface area contributed by atoms with E-state index in [-0.39, 0.29) is 61.2 Å². The number of rotatable bonds is 21. The van der Waals surface area contributed by atoms with Crippen LogP contribution >= 0.6 is 0 Å². The molecule has 0 spiro atoms. The number of nitrogens with zero attached hydrogens (tertiary/aromatic N) is 5. The Labute approximate surface area is 626 Å². The lowest BCUT2D eigenvalue weighted by Gasteiger charge is -2.11. The van der Waals surface area contributed by atoms with Crippen molar-refractivity contribution in [3.8, 4) is 57.5 Å². The zero-order valence-electron chi connectivity index (χ0n) is 60.3. The monoisotopic (exact) mass is 1490 g/mol. The van der Waals surface area contributed by atoms with Crippen molar-refractivity contribution >= 4 is 128 Å². The first-order valence-electron chi connectivity index (χ1n) is 34.2. The molecule has 0 unspecified atom stereocenters. The molecule has 8 heterocycles. The van der Waals surface area contributed by atoms with Gasteiger partial charge in [0, 0.05) is 39.2 Å². The van der Waals surface area contributed by atoms with Gasteiger partial charge in [0.25, 0.3) is 11.8 Å². The summed E-state index contributed by atoms with van der Waals surface area (Å²) >= 11 is 0. The first-order chi connectivity index (χ1) is 53.5. The standard InChI is InChI=1S/C22H23N5O4.C21H19N3O4.C19H16N2O5.C18H14N2O5/c1-13(28)17-7-4-15(12-25-17)5-8-18-20-19(27-26-18)9-6-16(21(20)31-3)22(30)24-11-10-23-14(2)29;1-26-20-14(21(25)22-13-4-5-13)6-8-16-19(20)15(23-24-16)7-2-12-3-9-17-18(10-12)28-11-27-17;1-23-18-12(19(22)24-2)5-7-14-17(18)13(20-21-14)6-3-11-4-8-15-16(9-11)26-10-25-15;1-23-17-11(18(21)22)4-6-13-16(17)12(19-20-13)5-2-10-3-7-14-15(8-10)25-9-24-14/h4-9,12H,10-11H2,1-3H3,(H,23,29)(H,24,30)(H,26,27);2-3,6-10,13H,4-5,11H2,1H3,(H,22,25)(H,23,24);3-9H,10H2,1-2H3,(H,20,21);2-8H,9H2,1H3,(H,19,20)(H,21,22)/b8-5+;7-2+;6-3+;5-2+. The molecule has 12 aromatic rings. The van der Waals surface area contributed by atoms with E-state index >= 15 is 0 Å². The van der Waals surface area contributed by atoms with E-state index in [0.717, 1.165) is 80.4 Å². The second-order valence-corrected chi connectivity index (χ2v) is 24.7. The van der Waals surface area contributed by atoms with Crippen molar-refractivity contribution in [2.24, 2.45) is 0 Å². The average Bonchev–Trinajstić information content (AvgIpc) is 1.62. The normalized spacial score (nSPS) is 12.9. The molecule has 110 heavy (non-hydrogen) atoms. The SMILES string of the molecule is COC(=O)c1ccc2n[nH]c(/C=C/c3ccc4c(c3)OCO4)c2c1OC.COc1c(C(=O)NC2CC2)ccc2n[nH]c(/C=C/c3ccc4c(c3)OCO4)c12.COc1c(C(=O)NCCNC(C)=O)ccc2n[nH]c(/C=C/c3ccc(C(C)=O)nc3)c12.COc1c(C(=O)O)ccc2n[nH]c(/C=C/c3ccc4c(c3)OCO4)c12. The van der Waals surface area contributed by atoms with Gasteiger partial charge in [0.05, 0.1) is 113 Å². The molecule has 16 rings (SSSR count). The number of nitrogens with one attached hydrogen (secondary N) is 7. The smallest absolute Gasteiger partial charge is 0.341 e. The third kappa shape index (κ3) is 16.5. The zero-order valence-corrected chi connectivity index (χ0v) is 60.3. The molecule has 4 aliphatic rings. The Morgan fingerprint density at radius 2 is 0.800 bits per heavy atom. The lowest BCUT2D eigenvalue weighted by molar-refractivity contribution is -0.118. The number of hydrogen-bond donors (Lipinski definition) is 8. The number of carboxylic acid groups (broad SMARTS) is 1. The predicted molar refractivity (Wildman–Crippen MR) is 408 cm³/mol. The maximum atomic E-state index is 12.6. The predicted octanol–water partition coefficient (Wildman–Crippen LogP) is 12.0. The van der Waals surface area contributed by atoms with E-state index in [0.29, 0.717) is 108 Å². The molecule has 0 bridgehead atoms. The number of Topliss-reactive ketones (excluding diaryl/α,β-unsaturated/α-hetero) is 1. The van der Waals surface area contributed by atoms with Crippen molar-refractivity contribution in [3.63, 3.8) is 0 Å². The van der Waals surface area contributed by atoms with Gasteiger partial charge in [-0.3, -0.25) is 44.6 Å². The molecular weight excluding hydrogens is 1420 g/mol. The Bertz CT molecular complexity index is 5650. The first-order valence-corrected chi connectivity index (χ1v) is 34.2. The van der Waals surface area contributed by atoms with Crippen LogP contribution in [0.15, 0.2) is 121 Å². The van der Waals surface area contributed by atoms with Crippen molar-refractivity contribution < 1.29 is 86.0 Å². The molecule has 30 heteroatoms. The quantitative estimate of drug-likeness (QED) is 0.0188. The lowest BCUT2D eigenvalue weighted by atomic mass is 10.1. The van der Waals surface area contributed by atoms with E-state index in [2.05, 4.69) is 61.7 Å². The average molecular weight is 1490 g/mol. The molecule has 30 nitrogen and oxygen atoms in total. The summed E-state index contributed by atoms with van der Waals surface area (Å²) in [4.78, 5) is 75.0. The summed E-state index contributed by atoms with van der Waals surface area (Å²) in [6.07, 6.45) is 18.7. The Balaban J connectivity index is 0.000000129. The molecule has 0 saturated heterocycles. The van der Waals surface area contributed by atoms with Gasteiger partial charge in [-0.25, -0.2) is 9.59 Å². The number of carboxylic acids is 1. The molecule has 3 aliphatic heterocycles. The van der Waals surface area contributed by atoms with Crippen LogP contribution < -0.4 is 63.3 Å². The molecule has 3 amide bonds. The third-order valence-electron chi connectivity index (χ3n) is 17.6. The highest BCUT2D eigenvalue weighted by molar-refractivity contribution is 6.08. The molecule has 0 radical (unpaired) electrons. The third-order valence-corrected chi connectivity index (χ3v) is 17.6. The summed E-state index contributed by atoms with van der Waals surface area (Å²) in [6, 6.07) is 34.3. The maximum absolute atomic E-state index is 12.6. The van der Waals surface area contributed by atoms with Gasteiger partial charge in [-0.1, -0.05) is 48.6 Å². The zero-order chi connectivity index (χ0) is 77.0. The second kappa shape index (κ2) is 33.3. The fourth-order valence-corrected chi connectivity index (χ4v) is 12.0. The highest BCUT2D eigenvalue weighted by Gasteiger charge is 2.28. The Hall–Kier alpha value is -14.5. The van der Waals surface area contributed by atoms with Gasteiger partial charge in [-0.15, -0.1) is 0 Å². The summed E-state index contributed by atoms with van der Waals surface area (Å²) < 4.78 is 58.9. The number of aromatic carboxylic acids is 1. The van der Waals surface area contributed by atoms with Gasteiger partial charge in [-0.05, 0) is 150 Å². The number of ether oxygens (including phenoxy) is 11. The summed E-state index contributed by atoms with van der Waals surface area (Å²) in [5.41, 5.74) is 10.9. The second-order valence-electron chi connectivity index (χ2n) is 24.7. The largest absolute Gasteiger partial charge is 0.495 e. The van der Waals surface area contributed by atoms with Gasteiger partial charge >= 0.3 is 11.9 Å². The van der Waals surface area contributed by atoms with E-state index < -0.39 is 11.9 Å². The number of esters is 1. The van der Waals surface area contributed by atoms with E-state index in [9.17, 15) is 33.9 Å². The topological polar surface area (TPSA) is 388 Å². The van der Waals surface area contributed by atoms with Crippen LogP contribution in [0.1, 0.15) is 124 Å². The molecule has 7 aromatic carbocycles. The summed E-state index contributed by atoms with van der Waals surface area (Å²) in [5.74, 6) is 3.77. The van der Waals surface area contributed by atoms with Crippen LogP contribution in [0.5, 0.6) is 57.5 Å². The maximum Gasteiger partial charge on any atom is 0.341 e. The van der Waals surface area contributed by atoms with Crippen LogP contribution in [0.2, 0.25) is 0 Å². The molecule has 1 fully saturated rings. The van der Waals surface area contributed by atoms with E-state index in [1.807, 2.05) is 103 Å². The number of carbonyl (C=O) groups is 6. The number of aromatic nitrogens is 9. The number of carbonyl (C=O) groups excluding carboxylic acids is 5. The highest BCUT2D eigenvalue weighted by atomic mass is 16.7. The van der Waals surface area contributed by atoms with E-state index in [1.165, 1.54) is 48.4 Å². The summed E-state index contributed by atoms with van der Waals surface area (Å²) in [7, 11) is 7.36. The molecule has 1 saturated carbocycles. The lowest BCUT2D eigenvalue weighted by Crippen LogP contribution is -2.33. The summed E-state index contributed by atoms with van der Waals surface area (Å²) in [5, 5.41) is 49.5. The van der Waals surface area contributed by atoms with Gasteiger partial charge in [0.15, 0.2) is 40.3 Å². The number of ketones is 1. The van der Waals surface area contributed by atoms with Crippen LogP contribution in [0, 0.1) is 0 Å². The van der Waals surface area contributed by atoms with E-state index in [4.69, 9.17) is 52.1 Å². The van der Waals surface area contributed by atoms with Crippen molar-refractivity contribution in [1.82, 2.24) is 61.7 Å². The van der Waals surface area contributed by atoms with Crippen molar-refractivity contribution in [1.29, 1.82) is 0 Å². The Morgan fingerprint density at radius 3 is 1.17 bits per heavy atom. The first kappa shape index (κ1) is 73.8. The number of hydrogen-bond acceptors (Lipinski definition) is 22. The number of H-pyrrole nitrogens is 4. The van der Waals surface area contributed by atoms with E-state index in [1.54, 1.807) is 67.9 Å².